The molecule has 0 amide bonds. The van der Waals surface area contributed by atoms with Crippen molar-refractivity contribution in [2.45, 2.75) is 13.5 Å². The lowest BCUT2D eigenvalue weighted by Crippen LogP contribution is -2.19. The molecule has 0 aromatic heterocycles. The largest absolute Gasteiger partial charge is 0.201 e. The molecule has 0 spiro atoms. The van der Waals surface area contributed by atoms with Crippen LogP contribution in [0.4, 0.5) is 0 Å². The third kappa shape index (κ3) is 1.84. The van der Waals surface area contributed by atoms with Crippen LogP contribution in [0, 0.1) is 0 Å². The Balaban J connectivity index is 4.12. The van der Waals surface area contributed by atoms with Crippen LogP contribution < -0.4 is 0 Å². The topological polar surface area (TPSA) is 0 Å². The van der Waals surface area contributed by atoms with E-state index in [1.807, 2.05) is 19.2 Å². The van der Waals surface area contributed by atoms with E-state index in [0.29, 0.717) is 0 Å². The summed E-state index contributed by atoms with van der Waals surface area (Å²) in [6.07, 6.45) is 0. The van der Waals surface area contributed by atoms with Gasteiger partial charge in [-0.15, -0.1) is 13.2 Å². The molecule has 0 saturated carbocycles. The first-order valence-corrected chi connectivity index (χ1v) is 6.08. The lowest BCUT2D eigenvalue weighted by Gasteiger charge is -2.11. The van der Waals surface area contributed by atoms with Gasteiger partial charge >= 0.3 is 0 Å². The molecular formula is C6H11ClSi. The van der Waals surface area contributed by atoms with Crippen LogP contribution in [0.1, 0.15) is 6.92 Å². The van der Waals surface area contributed by atoms with Crippen molar-refractivity contribution in [1.82, 2.24) is 0 Å². The van der Waals surface area contributed by atoms with E-state index in [4.69, 9.17) is 11.1 Å². The van der Waals surface area contributed by atoms with Crippen molar-refractivity contribution in [2.75, 3.05) is 0 Å². The van der Waals surface area contributed by atoms with Crippen molar-refractivity contribution in [3.8, 4) is 0 Å². The van der Waals surface area contributed by atoms with E-state index in [1.165, 1.54) is 0 Å². The molecule has 8 heavy (non-hydrogen) atoms. The summed E-state index contributed by atoms with van der Waals surface area (Å²) >= 11 is 5.98. The highest BCUT2D eigenvalue weighted by molar-refractivity contribution is 7.26. The molecule has 1 unspecified atom stereocenters. The lowest BCUT2D eigenvalue weighted by atomic mass is 10.8. The smallest absolute Gasteiger partial charge is 0.156 e. The second-order valence-electron chi connectivity index (χ2n) is 2.06. The van der Waals surface area contributed by atoms with E-state index >= 15 is 0 Å². The summed E-state index contributed by atoms with van der Waals surface area (Å²) in [5, 5.41) is 1.06. The first-order chi connectivity index (χ1) is 3.50. The summed E-state index contributed by atoms with van der Waals surface area (Å²) in [5.74, 6) is 0. The van der Waals surface area contributed by atoms with Crippen LogP contribution in [0.5, 0.6) is 0 Å². The number of allylic oxidation sites excluding steroid dienone is 1. The highest BCUT2D eigenvalue weighted by Crippen LogP contribution is 2.17. The molecule has 0 nitrogen and oxygen atoms in total. The van der Waals surface area contributed by atoms with E-state index in [0.717, 1.165) is 5.20 Å². The Morgan fingerprint density at radius 2 is 2.12 bits per heavy atom. The van der Waals surface area contributed by atoms with Crippen LogP contribution >= 0.6 is 11.1 Å². The van der Waals surface area contributed by atoms with Crippen LogP contribution in [-0.2, 0) is 0 Å². The normalized spacial score (nSPS) is 16.9. The van der Waals surface area contributed by atoms with Crippen LogP contribution in [0.3, 0.4) is 0 Å². The Bertz CT molecular complexity index is 116. The van der Waals surface area contributed by atoms with Gasteiger partial charge in [-0.25, -0.2) is 0 Å². The van der Waals surface area contributed by atoms with Crippen molar-refractivity contribution in [3.63, 3.8) is 0 Å². The first-order valence-electron chi connectivity index (χ1n) is 2.49. The molecule has 0 aromatic carbocycles. The molecule has 0 N–H and O–H groups in total. The molecule has 0 aliphatic heterocycles. The lowest BCUT2D eigenvalue weighted by molar-refractivity contribution is 1.65. The quantitative estimate of drug-likeness (QED) is 0.415. The molecule has 0 aromatic rings. The molecule has 0 fully saturated rings. The summed E-state index contributed by atoms with van der Waals surface area (Å²) in [6.45, 7) is 11.3. The molecule has 0 aliphatic rings. The first kappa shape index (κ1) is 7.99. The number of halogens is 1. The minimum atomic E-state index is -1.71. The maximum absolute atomic E-state index is 5.98. The van der Waals surface area contributed by atoms with Crippen LogP contribution in [0.15, 0.2) is 24.1 Å². The predicted octanol–water partition coefficient (Wildman–Crippen LogP) is 2.64. The molecule has 0 saturated heterocycles. The number of hydrogen-bond acceptors (Lipinski definition) is 0. The molecule has 46 valence electrons. The minimum Gasteiger partial charge on any atom is -0.156 e. The Kier molecular flexibility index (Phi) is 2.51. The molecule has 0 aliphatic carbocycles. The molecule has 2 heteroatoms. The molecule has 0 heterocycles. The van der Waals surface area contributed by atoms with E-state index in [2.05, 4.69) is 13.2 Å². The monoisotopic (exact) mass is 146 g/mol. The minimum absolute atomic E-state index is 1.06. The van der Waals surface area contributed by atoms with E-state index in [1.54, 1.807) is 0 Å². The standard InChI is InChI=1S/C6H11ClSi/c1-5-8(4,7)6(2)3/h5H,1-2H2,3-4H3. The third-order valence-corrected chi connectivity index (χ3v) is 5.08. The van der Waals surface area contributed by atoms with Crippen molar-refractivity contribution in [2.24, 2.45) is 0 Å². The van der Waals surface area contributed by atoms with Gasteiger partial charge in [0.15, 0.2) is 0 Å². The SMILES string of the molecule is C=C[Si](C)(Cl)C(=C)C. The Labute approximate surface area is 56.6 Å². The Morgan fingerprint density at radius 3 is 2.12 bits per heavy atom. The fourth-order valence-electron chi connectivity index (χ4n) is 0.174. The van der Waals surface area contributed by atoms with E-state index in [9.17, 15) is 0 Å². The summed E-state index contributed by atoms with van der Waals surface area (Å²) in [7, 11) is -1.71. The predicted molar refractivity (Wildman–Crippen MR) is 42.5 cm³/mol. The molecular weight excluding hydrogens is 136 g/mol. The van der Waals surface area contributed by atoms with Gasteiger partial charge in [0.2, 0.25) is 7.38 Å². The van der Waals surface area contributed by atoms with E-state index < -0.39 is 7.38 Å². The average Bonchev–Trinajstić information content (AvgIpc) is 1.67. The van der Waals surface area contributed by atoms with Gasteiger partial charge in [0, 0.05) is 0 Å². The summed E-state index contributed by atoms with van der Waals surface area (Å²) in [4.78, 5) is 0. The fourth-order valence-corrected chi connectivity index (χ4v) is 0.523. The zero-order chi connectivity index (χ0) is 6.78. The van der Waals surface area contributed by atoms with Crippen LogP contribution in [-0.4, -0.2) is 7.38 Å². The molecule has 0 radical (unpaired) electrons. The highest BCUT2D eigenvalue weighted by Gasteiger charge is 2.19. The number of rotatable bonds is 2. The maximum atomic E-state index is 5.98. The van der Waals surface area contributed by atoms with Gasteiger partial charge in [-0.3, -0.25) is 0 Å². The Morgan fingerprint density at radius 1 is 1.75 bits per heavy atom. The van der Waals surface area contributed by atoms with Gasteiger partial charge in [0.25, 0.3) is 0 Å². The van der Waals surface area contributed by atoms with Crippen LogP contribution in [0.2, 0.25) is 6.55 Å². The van der Waals surface area contributed by atoms with Crippen molar-refractivity contribution >= 4 is 18.5 Å². The highest BCUT2D eigenvalue weighted by atomic mass is 35.6. The average molecular weight is 147 g/mol. The second-order valence-corrected chi connectivity index (χ2v) is 7.83. The van der Waals surface area contributed by atoms with Gasteiger partial charge < -0.3 is 0 Å². The van der Waals surface area contributed by atoms with Crippen LogP contribution in [0.25, 0.3) is 0 Å². The zero-order valence-corrected chi connectivity index (χ0v) is 7.13. The van der Waals surface area contributed by atoms with Crippen molar-refractivity contribution in [3.05, 3.63) is 24.1 Å². The van der Waals surface area contributed by atoms with Gasteiger partial charge in [-0.2, -0.15) is 11.1 Å². The van der Waals surface area contributed by atoms with Gasteiger partial charge in [0.05, 0.1) is 0 Å². The van der Waals surface area contributed by atoms with Gasteiger partial charge in [-0.05, 0) is 13.5 Å². The third-order valence-electron chi connectivity index (χ3n) is 1.22. The molecule has 0 rings (SSSR count). The molecule has 0 bridgehead atoms. The summed E-state index contributed by atoms with van der Waals surface area (Å²) < 4.78 is 0. The van der Waals surface area contributed by atoms with E-state index in [-0.39, 0.29) is 0 Å². The van der Waals surface area contributed by atoms with Crippen molar-refractivity contribution < 1.29 is 0 Å². The zero-order valence-electron chi connectivity index (χ0n) is 5.37. The van der Waals surface area contributed by atoms with Crippen molar-refractivity contribution in [1.29, 1.82) is 0 Å². The fraction of sp³-hybridized carbons (Fsp3) is 0.333. The Hall–Kier alpha value is -0.0131. The second kappa shape index (κ2) is 2.51. The summed E-state index contributed by atoms with van der Waals surface area (Å²) in [5.41, 5.74) is 1.82. The summed E-state index contributed by atoms with van der Waals surface area (Å²) in [6, 6.07) is 0. The maximum Gasteiger partial charge on any atom is 0.201 e. The number of hydrogen-bond donors (Lipinski definition) is 0. The van der Waals surface area contributed by atoms with Gasteiger partial charge in [-0.1, -0.05) is 10.9 Å². The molecule has 1 atom stereocenters. The van der Waals surface area contributed by atoms with Gasteiger partial charge in [0.1, 0.15) is 0 Å².